The lowest BCUT2D eigenvalue weighted by Crippen LogP contribution is -2.46. The Hall–Kier alpha value is -2.17. The lowest BCUT2D eigenvalue weighted by Gasteiger charge is -2.36. The molecule has 1 aliphatic rings. The highest BCUT2D eigenvalue weighted by Crippen LogP contribution is 2.20. The number of rotatable bonds is 5. The Kier molecular flexibility index (Phi) is 5.05. The van der Waals surface area contributed by atoms with Gasteiger partial charge in [0.1, 0.15) is 5.82 Å². The Balaban J connectivity index is 1.58. The first-order valence-corrected chi connectivity index (χ1v) is 8.24. The number of halogens is 1. The van der Waals surface area contributed by atoms with Gasteiger partial charge in [0.05, 0.1) is 12.6 Å². The van der Waals surface area contributed by atoms with Gasteiger partial charge in [-0.1, -0.05) is 12.1 Å². The van der Waals surface area contributed by atoms with Crippen LogP contribution in [0.15, 0.2) is 42.7 Å². The van der Waals surface area contributed by atoms with Crippen LogP contribution < -0.4 is 0 Å². The molecule has 4 nitrogen and oxygen atoms in total. The third kappa shape index (κ3) is 4.18. The van der Waals surface area contributed by atoms with E-state index in [9.17, 15) is 9.18 Å². The van der Waals surface area contributed by atoms with Gasteiger partial charge in [0.25, 0.3) is 0 Å². The molecule has 0 bridgehead atoms. The number of hydrogen-bond acceptors (Lipinski definition) is 2. The van der Waals surface area contributed by atoms with Gasteiger partial charge in [-0.25, -0.2) is 4.39 Å². The molecule has 0 N–H and O–H groups in total. The van der Waals surface area contributed by atoms with E-state index in [1.807, 2.05) is 21.8 Å². The van der Waals surface area contributed by atoms with Crippen LogP contribution in [-0.4, -0.2) is 33.2 Å². The van der Waals surface area contributed by atoms with E-state index in [4.69, 9.17) is 0 Å². The summed E-state index contributed by atoms with van der Waals surface area (Å²) in [5, 5.41) is 4.25. The van der Waals surface area contributed by atoms with Crippen molar-refractivity contribution in [3.8, 4) is 0 Å². The molecule has 0 saturated carbocycles. The van der Waals surface area contributed by atoms with E-state index in [0.29, 0.717) is 12.8 Å². The van der Waals surface area contributed by atoms with Crippen LogP contribution in [-0.2, 0) is 17.8 Å². The number of likely N-dealkylation sites (tertiary alicyclic amines) is 1. The summed E-state index contributed by atoms with van der Waals surface area (Å²) in [6, 6.07) is 8.52. The molecule has 2 heterocycles. The molecule has 5 heteroatoms. The van der Waals surface area contributed by atoms with Crippen molar-refractivity contribution < 1.29 is 9.18 Å². The second-order valence-electron chi connectivity index (χ2n) is 6.09. The number of aromatic nitrogens is 2. The highest BCUT2D eigenvalue weighted by molar-refractivity contribution is 5.76. The molecule has 122 valence electrons. The van der Waals surface area contributed by atoms with E-state index in [0.717, 1.165) is 37.9 Å². The number of carbonyl (C=O) groups is 1. The highest BCUT2D eigenvalue weighted by Gasteiger charge is 2.26. The Bertz CT molecular complexity index is 624. The van der Waals surface area contributed by atoms with Crippen molar-refractivity contribution in [2.24, 2.45) is 0 Å². The van der Waals surface area contributed by atoms with E-state index in [2.05, 4.69) is 5.10 Å². The second-order valence-corrected chi connectivity index (χ2v) is 6.09. The molecular formula is C18H22FN3O. The molecule has 1 aromatic carbocycles. The Labute approximate surface area is 135 Å². The molecule has 1 atom stereocenters. The predicted molar refractivity (Wildman–Crippen MR) is 86.3 cm³/mol. The molecular weight excluding hydrogens is 293 g/mol. The Morgan fingerprint density at radius 2 is 2.09 bits per heavy atom. The van der Waals surface area contributed by atoms with Gasteiger partial charge >= 0.3 is 0 Å². The van der Waals surface area contributed by atoms with E-state index in [1.54, 1.807) is 18.3 Å². The van der Waals surface area contributed by atoms with Gasteiger partial charge in [-0.05, 0) is 49.4 Å². The molecule has 1 aromatic heterocycles. The van der Waals surface area contributed by atoms with Gasteiger partial charge in [-0.15, -0.1) is 0 Å². The van der Waals surface area contributed by atoms with Crippen molar-refractivity contribution >= 4 is 5.91 Å². The maximum Gasteiger partial charge on any atom is 0.223 e. The smallest absolute Gasteiger partial charge is 0.223 e. The van der Waals surface area contributed by atoms with Crippen LogP contribution in [0.5, 0.6) is 0 Å². The van der Waals surface area contributed by atoms with Gasteiger partial charge in [0.2, 0.25) is 5.91 Å². The van der Waals surface area contributed by atoms with Crippen LogP contribution in [0, 0.1) is 5.82 Å². The van der Waals surface area contributed by atoms with Crippen molar-refractivity contribution in [2.75, 3.05) is 6.54 Å². The quantitative estimate of drug-likeness (QED) is 0.850. The maximum absolute atomic E-state index is 12.9. The zero-order chi connectivity index (χ0) is 16.1. The summed E-state index contributed by atoms with van der Waals surface area (Å²) in [5.74, 6) is -0.0541. The lowest BCUT2D eigenvalue weighted by atomic mass is 10.0. The van der Waals surface area contributed by atoms with Gasteiger partial charge < -0.3 is 4.90 Å². The van der Waals surface area contributed by atoms with Gasteiger partial charge in [0.15, 0.2) is 0 Å². The fraction of sp³-hybridized carbons (Fsp3) is 0.444. The van der Waals surface area contributed by atoms with Crippen molar-refractivity contribution in [3.05, 3.63) is 54.1 Å². The minimum Gasteiger partial charge on any atom is -0.338 e. The first-order chi connectivity index (χ1) is 11.2. The fourth-order valence-corrected chi connectivity index (χ4v) is 3.19. The van der Waals surface area contributed by atoms with Gasteiger partial charge in [0, 0.05) is 25.4 Å². The average molecular weight is 315 g/mol. The summed E-state index contributed by atoms with van der Waals surface area (Å²) >= 11 is 0. The van der Waals surface area contributed by atoms with E-state index in [-0.39, 0.29) is 17.8 Å². The van der Waals surface area contributed by atoms with Crippen LogP contribution in [0.1, 0.15) is 31.2 Å². The van der Waals surface area contributed by atoms with Crippen LogP contribution in [0.2, 0.25) is 0 Å². The SMILES string of the molecule is O=C(CCc1ccc(F)cc1)N1CCCC[C@H]1Cn1cccn1. The summed E-state index contributed by atoms with van der Waals surface area (Å²) in [6.07, 6.45) is 8.10. The molecule has 23 heavy (non-hydrogen) atoms. The highest BCUT2D eigenvalue weighted by atomic mass is 19.1. The summed E-state index contributed by atoms with van der Waals surface area (Å²) in [7, 11) is 0. The largest absolute Gasteiger partial charge is 0.338 e. The van der Waals surface area contributed by atoms with Crippen molar-refractivity contribution in [2.45, 2.75) is 44.7 Å². The van der Waals surface area contributed by atoms with Crippen LogP contribution >= 0.6 is 0 Å². The molecule has 0 radical (unpaired) electrons. The molecule has 0 aliphatic carbocycles. The van der Waals surface area contributed by atoms with Gasteiger partial charge in [-0.2, -0.15) is 5.10 Å². The van der Waals surface area contributed by atoms with Crippen LogP contribution in [0.25, 0.3) is 0 Å². The maximum atomic E-state index is 12.9. The molecule has 2 aromatic rings. The number of aryl methyl sites for hydroxylation is 1. The number of carbonyl (C=O) groups excluding carboxylic acids is 1. The number of amides is 1. The first-order valence-electron chi connectivity index (χ1n) is 8.24. The summed E-state index contributed by atoms with van der Waals surface area (Å²) < 4.78 is 14.8. The third-order valence-electron chi connectivity index (χ3n) is 4.45. The van der Waals surface area contributed by atoms with Crippen LogP contribution in [0.3, 0.4) is 0 Å². The summed E-state index contributed by atoms with van der Waals surface area (Å²) in [5.41, 5.74) is 1.00. The number of benzene rings is 1. The minimum absolute atomic E-state index is 0.186. The molecule has 0 spiro atoms. The standard InChI is InChI=1S/C18H22FN3O/c19-16-8-5-15(6-9-16)7-10-18(23)22-13-2-1-4-17(22)14-21-12-3-11-20-21/h3,5-6,8-9,11-12,17H,1-2,4,7,10,13-14H2/t17-/m0/s1. The molecule has 0 unspecified atom stereocenters. The average Bonchev–Trinajstić information content (AvgIpc) is 3.07. The number of nitrogens with zero attached hydrogens (tertiary/aromatic N) is 3. The van der Waals surface area contributed by atoms with E-state index < -0.39 is 0 Å². The Morgan fingerprint density at radius 3 is 2.83 bits per heavy atom. The molecule has 1 amide bonds. The van der Waals surface area contributed by atoms with Crippen LogP contribution in [0.4, 0.5) is 4.39 Å². The van der Waals surface area contributed by atoms with Crippen molar-refractivity contribution in [1.29, 1.82) is 0 Å². The fourth-order valence-electron chi connectivity index (χ4n) is 3.19. The second kappa shape index (κ2) is 7.40. The zero-order valence-electron chi connectivity index (χ0n) is 13.2. The predicted octanol–water partition coefficient (Wildman–Crippen LogP) is 3.04. The van der Waals surface area contributed by atoms with E-state index >= 15 is 0 Å². The minimum atomic E-state index is -0.240. The normalized spacial score (nSPS) is 18.1. The molecule has 1 aliphatic heterocycles. The Morgan fingerprint density at radius 1 is 1.26 bits per heavy atom. The zero-order valence-corrected chi connectivity index (χ0v) is 13.2. The topological polar surface area (TPSA) is 38.1 Å². The number of hydrogen-bond donors (Lipinski definition) is 0. The molecule has 1 saturated heterocycles. The molecule has 3 rings (SSSR count). The summed E-state index contributed by atoms with van der Waals surface area (Å²) in [6.45, 7) is 1.59. The van der Waals surface area contributed by atoms with Crippen molar-refractivity contribution in [3.63, 3.8) is 0 Å². The first kappa shape index (κ1) is 15.7. The number of piperidine rings is 1. The molecule has 1 fully saturated rings. The third-order valence-corrected chi connectivity index (χ3v) is 4.45. The van der Waals surface area contributed by atoms with Crippen molar-refractivity contribution in [1.82, 2.24) is 14.7 Å². The lowest BCUT2D eigenvalue weighted by molar-refractivity contribution is -0.135. The van der Waals surface area contributed by atoms with Gasteiger partial charge in [-0.3, -0.25) is 9.48 Å². The van der Waals surface area contributed by atoms with E-state index in [1.165, 1.54) is 12.1 Å². The monoisotopic (exact) mass is 315 g/mol. The summed E-state index contributed by atoms with van der Waals surface area (Å²) in [4.78, 5) is 14.6.